The zero-order valence-corrected chi connectivity index (χ0v) is 17.1. The molecular weight excluding hydrogens is 369 g/mol. The van der Waals surface area contributed by atoms with Crippen molar-refractivity contribution in [3.05, 3.63) is 59.4 Å². The van der Waals surface area contributed by atoms with Gasteiger partial charge in [0, 0.05) is 50.0 Å². The van der Waals surface area contributed by atoms with Crippen LogP contribution in [0.15, 0.2) is 42.5 Å². The monoisotopic (exact) mass is 397 g/mol. The molecule has 29 heavy (non-hydrogen) atoms. The van der Waals surface area contributed by atoms with Crippen LogP contribution >= 0.6 is 0 Å². The summed E-state index contributed by atoms with van der Waals surface area (Å²) >= 11 is 0. The number of methoxy groups -OCH3 is 1. The summed E-state index contributed by atoms with van der Waals surface area (Å²) in [5.74, 6) is 0.637. The van der Waals surface area contributed by atoms with Gasteiger partial charge in [0.2, 0.25) is 5.91 Å². The molecule has 0 unspecified atom stereocenters. The van der Waals surface area contributed by atoms with Crippen molar-refractivity contribution in [3.8, 4) is 5.75 Å². The molecule has 1 atom stereocenters. The first kappa shape index (κ1) is 19.9. The molecule has 6 heteroatoms. The Bertz CT molecular complexity index is 880. The highest BCUT2D eigenvalue weighted by atomic mass is 19.1. The standard InChI is InChI=1S/C23H28FN3O2/c1-17-13-18-5-3-4-6-21(18)27(17)23(28)16-26-11-9-25(10-12-26)15-19-14-20(24)7-8-22(19)29-2/h3-8,14,17H,9-13,15-16H2,1-2H3/t17-/m1/s1. The van der Waals surface area contributed by atoms with Gasteiger partial charge in [-0.05, 0) is 43.2 Å². The number of para-hydroxylation sites is 1. The zero-order chi connectivity index (χ0) is 20.4. The SMILES string of the molecule is COc1ccc(F)cc1CN1CCN(CC(=O)N2c3ccccc3C[C@H]2C)CC1. The van der Waals surface area contributed by atoms with Crippen LogP contribution in [0.2, 0.25) is 0 Å². The summed E-state index contributed by atoms with van der Waals surface area (Å²) in [6.45, 7) is 6.55. The maximum atomic E-state index is 13.6. The van der Waals surface area contributed by atoms with Gasteiger partial charge in [-0.2, -0.15) is 0 Å². The van der Waals surface area contributed by atoms with Gasteiger partial charge in [0.1, 0.15) is 11.6 Å². The molecule has 4 rings (SSSR count). The van der Waals surface area contributed by atoms with Gasteiger partial charge < -0.3 is 9.64 Å². The maximum Gasteiger partial charge on any atom is 0.241 e. The number of carbonyl (C=O) groups excluding carboxylic acids is 1. The van der Waals surface area contributed by atoms with E-state index in [9.17, 15) is 9.18 Å². The molecule has 0 saturated carbocycles. The van der Waals surface area contributed by atoms with Crippen LogP contribution in [0.4, 0.5) is 10.1 Å². The molecule has 2 heterocycles. The van der Waals surface area contributed by atoms with Crippen molar-refractivity contribution in [2.24, 2.45) is 0 Å². The summed E-state index contributed by atoms with van der Waals surface area (Å²) in [5.41, 5.74) is 3.17. The number of amides is 1. The van der Waals surface area contributed by atoms with Gasteiger partial charge in [0.25, 0.3) is 0 Å². The molecule has 0 N–H and O–H groups in total. The van der Waals surface area contributed by atoms with Crippen molar-refractivity contribution in [1.29, 1.82) is 0 Å². The van der Waals surface area contributed by atoms with Crippen LogP contribution in [0.3, 0.4) is 0 Å². The fraction of sp³-hybridized carbons (Fsp3) is 0.435. The Morgan fingerprint density at radius 3 is 2.59 bits per heavy atom. The summed E-state index contributed by atoms with van der Waals surface area (Å²) in [6, 6.07) is 13.0. The number of piperazine rings is 1. The Morgan fingerprint density at radius 1 is 1.10 bits per heavy atom. The lowest BCUT2D eigenvalue weighted by Gasteiger charge is -2.35. The van der Waals surface area contributed by atoms with Gasteiger partial charge in [0.05, 0.1) is 13.7 Å². The van der Waals surface area contributed by atoms with E-state index >= 15 is 0 Å². The molecule has 2 aromatic rings. The van der Waals surface area contributed by atoms with Gasteiger partial charge >= 0.3 is 0 Å². The molecule has 2 aliphatic heterocycles. The van der Waals surface area contributed by atoms with Gasteiger partial charge in [-0.15, -0.1) is 0 Å². The molecule has 0 radical (unpaired) electrons. The molecule has 0 aliphatic carbocycles. The van der Waals surface area contributed by atoms with E-state index in [0.717, 1.165) is 43.9 Å². The lowest BCUT2D eigenvalue weighted by molar-refractivity contribution is -0.120. The Labute approximate surface area is 171 Å². The largest absolute Gasteiger partial charge is 0.496 e. The summed E-state index contributed by atoms with van der Waals surface area (Å²) in [5, 5.41) is 0. The van der Waals surface area contributed by atoms with Gasteiger partial charge in [0.15, 0.2) is 0 Å². The number of ether oxygens (including phenoxy) is 1. The maximum absolute atomic E-state index is 13.6. The van der Waals surface area contributed by atoms with Crippen LogP contribution in [0.5, 0.6) is 5.75 Å². The van der Waals surface area contributed by atoms with Crippen molar-refractivity contribution < 1.29 is 13.9 Å². The number of anilines is 1. The number of halogens is 1. The van der Waals surface area contributed by atoms with Crippen LogP contribution in [0.25, 0.3) is 0 Å². The number of nitrogens with zero attached hydrogens (tertiary/aromatic N) is 3. The molecule has 2 aliphatic rings. The number of hydrogen-bond donors (Lipinski definition) is 0. The number of fused-ring (bicyclic) bond motifs is 1. The Balaban J connectivity index is 1.33. The van der Waals surface area contributed by atoms with E-state index in [1.165, 1.54) is 11.6 Å². The van der Waals surface area contributed by atoms with E-state index in [1.54, 1.807) is 19.2 Å². The van der Waals surface area contributed by atoms with E-state index in [1.807, 2.05) is 23.1 Å². The van der Waals surface area contributed by atoms with E-state index < -0.39 is 0 Å². The predicted octanol–water partition coefficient (Wildman–Crippen LogP) is 2.93. The number of carbonyl (C=O) groups is 1. The van der Waals surface area contributed by atoms with Crippen molar-refractivity contribution in [1.82, 2.24) is 9.80 Å². The third kappa shape index (κ3) is 4.28. The molecule has 0 spiro atoms. The predicted molar refractivity (Wildman–Crippen MR) is 112 cm³/mol. The quantitative estimate of drug-likeness (QED) is 0.777. The smallest absolute Gasteiger partial charge is 0.241 e. The lowest BCUT2D eigenvalue weighted by Crippen LogP contribution is -2.50. The van der Waals surface area contributed by atoms with Crippen LogP contribution in [0.1, 0.15) is 18.1 Å². The van der Waals surface area contributed by atoms with E-state index in [2.05, 4.69) is 22.8 Å². The second kappa shape index (κ2) is 8.51. The van der Waals surface area contributed by atoms with Crippen LogP contribution < -0.4 is 9.64 Å². The molecule has 0 bridgehead atoms. The summed E-state index contributed by atoms with van der Waals surface area (Å²) in [6.07, 6.45) is 0.922. The number of hydrogen-bond acceptors (Lipinski definition) is 4. The van der Waals surface area contributed by atoms with Crippen molar-refractivity contribution in [2.75, 3.05) is 44.7 Å². The Morgan fingerprint density at radius 2 is 1.83 bits per heavy atom. The molecule has 1 saturated heterocycles. The third-order valence-electron chi connectivity index (χ3n) is 5.94. The minimum atomic E-state index is -0.245. The lowest BCUT2D eigenvalue weighted by atomic mass is 10.1. The minimum Gasteiger partial charge on any atom is -0.496 e. The zero-order valence-electron chi connectivity index (χ0n) is 17.1. The highest BCUT2D eigenvalue weighted by Crippen LogP contribution is 2.32. The third-order valence-corrected chi connectivity index (χ3v) is 5.94. The topological polar surface area (TPSA) is 36.0 Å². The molecule has 2 aromatic carbocycles. The van der Waals surface area contributed by atoms with Crippen molar-refractivity contribution >= 4 is 11.6 Å². The van der Waals surface area contributed by atoms with E-state index in [4.69, 9.17) is 4.74 Å². The molecule has 154 valence electrons. The summed E-state index contributed by atoms with van der Waals surface area (Å²) in [7, 11) is 1.61. The van der Waals surface area contributed by atoms with Gasteiger partial charge in [-0.3, -0.25) is 14.6 Å². The van der Waals surface area contributed by atoms with Gasteiger partial charge in [-0.1, -0.05) is 18.2 Å². The Hall–Kier alpha value is -2.44. The number of rotatable bonds is 5. The number of benzene rings is 2. The van der Waals surface area contributed by atoms with Crippen molar-refractivity contribution in [2.45, 2.75) is 25.9 Å². The van der Waals surface area contributed by atoms with E-state index in [0.29, 0.717) is 18.8 Å². The summed E-state index contributed by atoms with van der Waals surface area (Å²) < 4.78 is 19.0. The van der Waals surface area contributed by atoms with Gasteiger partial charge in [-0.25, -0.2) is 4.39 Å². The fourth-order valence-corrected chi connectivity index (χ4v) is 4.43. The first-order valence-corrected chi connectivity index (χ1v) is 10.2. The minimum absolute atomic E-state index is 0.169. The van der Waals surface area contributed by atoms with E-state index in [-0.39, 0.29) is 17.8 Å². The average molecular weight is 397 g/mol. The highest BCUT2D eigenvalue weighted by molar-refractivity contribution is 5.97. The first-order chi connectivity index (χ1) is 14.0. The Kier molecular flexibility index (Phi) is 5.83. The highest BCUT2D eigenvalue weighted by Gasteiger charge is 2.31. The average Bonchev–Trinajstić information content (AvgIpc) is 3.05. The second-order valence-corrected chi connectivity index (χ2v) is 7.95. The van der Waals surface area contributed by atoms with Crippen LogP contribution in [0, 0.1) is 5.82 Å². The molecular formula is C23H28FN3O2. The molecule has 1 amide bonds. The molecule has 0 aromatic heterocycles. The first-order valence-electron chi connectivity index (χ1n) is 10.2. The van der Waals surface area contributed by atoms with Crippen molar-refractivity contribution in [3.63, 3.8) is 0 Å². The molecule has 1 fully saturated rings. The second-order valence-electron chi connectivity index (χ2n) is 7.95. The normalized spacial score (nSPS) is 20.0. The summed E-state index contributed by atoms with van der Waals surface area (Å²) in [4.78, 5) is 19.5. The van der Waals surface area contributed by atoms with Crippen LogP contribution in [-0.4, -0.2) is 61.6 Å². The van der Waals surface area contributed by atoms with Crippen LogP contribution in [-0.2, 0) is 17.8 Å². The molecule has 5 nitrogen and oxygen atoms in total. The fourth-order valence-electron chi connectivity index (χ4n) is 4.43.